The third-order valence-corrected chi connectivity index (χ3v) is 8.14. The summed E-state index contributed by atoms with van der Waals surface area (Å²) >= 11 is 0. The van der Waals surface area contributed by atoms with E-state index in [2.05, 4.69) is 15.8 Å². The minimum Gasteiger partial charge on any atom is -0.507 e. The maximum Gasteiger partial charge on any atom is 0.347 e. The van der Waals surface area contributed by atoms with E-state index >= 15 is 0 Å². The number of anilines is 2. The van der Waals surface area contributed by atoms with Gasteiger partial charge in [0.2, 0.25) is 0 Å². The van der Waals surface area contributed by atoms with E-state index in [1.54, 1.807) is 56.3 Å². The first-order valence-electron chi connectivity index (χ1n) is 14.6. The molecule has 4 N–H and O–H groups in total. The fourth-order valence-electron chi connectivity index (χ4n) is 5.84. The molecular formula is C35H32N6O5. The lowest BCUT2D eigenvalue weighted by atomic mass is 9.99. The number of hydrogen-bond acceptors (Lipinski definition) is 6. The van der Waals surface area contributed by atoms with Crippen LogP contribution in [-0.4, -0.2) is 62.7 Å². The highest BCUT2D eigenvalue weighted by atomic mass is 16.5. The summed E-state index contributed by atoms with van der Waals surface area (Å²) in [7, 11) is 0. The number of nitrogens with one attached hydrogen (secondary N) is 2. The number of rotatable bonds is 7. The maximum absolute atomic E-state index is 14.2. The molecule has 1 heterocycles. The third kappa shape index (κ3) is 5.55. The average molecular weight is 617 g/mol. The highest BCUT2D eigenvalue weighted by Crippen LogP contribution is 2.40. The standard InChI is InChI=1S/C35H32N6O5/c1-35(2)32(41(46)33(44)37-28-18-9-14-23-11-3-6-16-26(23)28)40(29-19-10-15-24-12-4-7-17-27(24)29)34(45)39(35)22-31(43)38-36-21-25-13-5-8-20-30(25)42/h3-21,32,42,46H,22H2,1-2H3,(H,37,44)(H,38,43)/b36-21+. The number of phenols is 1. The van der Waals surface area contributed by atoms with E-state index in [0.717, 1.165) is 21.5 Å². The van der Waals surface area contributed by atoms with E-state index in [9.17, 15) is 24.7 Å². The third-order valence-electron chi connectivity index (χ3n) is 8.14. The second-order valence-corrected chi connectivity index (χ2v) is 11.4. The van der Waals surface area contributed by atoms with Gasteiger partial charge < -0.3 is 15.3 Å². The molecule has 1 atom stereocenters. The molecule has 0 aromatic heterocycles. The minimum absolute atomic E-state index is 0.00487. The zero-order valence-corrected chi connectivity index (χ0v) is 25.2. The van der Waals surface area contributed by atoms with Crippen LogP contribution in [0.25, 0.3) is 21.5 Å². The Labute approximate surface area is 264 Å². The Morgan fingerprint density at radius 2 is 1.48 bits per heavy atom. The molecule has 1 saturated heterocycles. The van der Waals surface area contributed by atoms with Crippen LogP contribution < -0.4 is 15.6 Å². The van der Waals surface area contributed by atoms with Gasteiger partial charge in [0.1, 0.15) is 12.3 Å². The van der Waals surface area contributed by atoms with Crippen molar-refractivity contribution in [2.24, 2.45) is 5.10 Å². The summed E-state index contributed by atoms with van der Waals surface area (Å²) in [6.45, 7) is 2.92. The number of phenolic OH excluding ortho intramolecular Hbond substituents is 1. The molecule has 11 nitrogen and oxygen atoms in total. The van der Waals surface area contributed by atoms with Gasteiger partial charge in [-0.2, -0.15) is 10.2 Å². The van der Waals surface area contributed by atoms with Gasteiger partial charge in [0.25, 0.3) is 5.91 Å². The summed E-state index contributed by atoms with van der Waals surface area (Å²) in [5.41, 5.74) is 2.46. The summed E-state index contributed by atoms with van der Waals surface area (Å²) in [5.74, 6) is -0.619. The number of urea groups is 2. The smallest absolute Gasteiger partial charge is 0.347 e. The van der Waals surface area contributed by atoms with Crippen molar-refractivity contribution in [2.45, 2.75) is 25.6 Å². The van der Waals surface area contributed by atoms with Gasteiger partial charge in [-0.15, -0.1) is 0 Å². The number of amides is 5. The Balaban J connectivity index is 1.33. The van der Waals surface area contributed by atoms with Gasteiger partial charge in [-0.25, -0.2) is 15.0 Å². The highest BCUT2D eigenvalue weighted by molar-refractivity contribution is 6.07. The van der Waals surface area contributed by atoms with E-state index < -0.39 is 36.2 Å². The lowest BCUT2D eigenvalue weighted by molar-refractivity contribution is -0.124. The number of carbonyl (C=O) groups is 3. The number of aromatic hydroxyl groups is 1. The molecule has 0 aliphatic carbocycles. The van der Waals surface area contributed by atoms with Gasteiger partial charge in [-0.1, -0.05) is 84.9 Å². The number of hydroxylamine groups is 2. The number of fused-ring (bicyclic) bond motifs is 2. The second-order valence-electron chi connectivity index (χ2n) is 11.4. The molecule has 5 aromatic rings. The topological polar surface area (TPSA) is 138 Å². The van der Waals surface area contributed by atoms with Gasteiger partial charge in [0.05, 0.1) is 23.1 Å². The van der Waals surface area contributed by atoms with Crippen molar-refractivity contribution < 1.29 is 24.7 Å². The lowest BCUT2D eigenvalue weighted by Gasteiger charge is -2.38. The van der Waals surface area contributed by atoms with Gasteiger partial charge in [0.15, 0.2) is 6.17 Å². The molecule has 0 saturated carbocycles. The molecule has 0 bridgehead atoms. The lowest BCUT2D eigenvalue weighted by Crippen LogP contribution is -2.58. The summed E-state index contributed by atoms with van der Waals surface area (Å²) in [6.07, 6.45) is 0.0426. The van der Waals surface area contributed by atoms with Crippen molar-refractivity contribution in [1.29, 1.82) is 0 Å². The van der Waals surface area contributed by atoms with Crippen LogP contribution in [0.5, 0.6) is 5.75 Å². The molecule has 1 aliphatic heterocycles. The molecule has 0 radical (unpaired) electrons. The van der Waals surface area contributed by atoms with Crippen LogP contribution >= 0.6 is 0 Å². The molecule has 11 heteroatoms. The summed E-state index contributed by atoms with van der Waals surface area (Å²) < 4.78 is 0. The first kappa shape index (κ1) is 30.1. The number of benzene rings is 5. The molecule has 1 unspecified atom stereocenters. The highest BCUT2D eigenvalue weighted by Gasteiger charge is 2.56. The SMILES string of the molecule is CC1(C)C(N(O)C(=O)Nc2cccc3ccccc23)N(c2cccc3ccccc23)C(=O)N1CC(=O)N/N=C/c1ccccc1O. The Bertz CT molecular complexity index is 1980. The zero-order valence-electron chi connectivity index (χ0n) is 25.2. The monoisotopic (exact) mass is 616 g/mol. The van der Waals surface area contributed by atoms with Crippen molar-refractivity contribution in [1.82, 2.24) is 15.4 Å². The van der Waals surface area contributed by atoms with Crippen LogP contribution in [0.4, 0.5) is 21.0 Å². The molecule has 5 aromatic carbocycles. The van der Waals surface area contributed by atoms with E-state index in [0.29, 0.717) is 22.0 Å². The molecule has 232 valence electrons. The second kappa shape index (κ2) is 12.2. The van der Waals surface area contributed by atoms with Gasteiger partial charge >= 0.3 is 12.1 Å². The number of nitrogens with zero attached hydrogens (tertiary/aromatic N) is 4. The van der Waals surface area contributed by atoms with Crippen molar-refractivity contribution in [2.75, 3.05) is 16.8 Å². The van der Waals surface area contributed by atoms with Crippen LogP contribution in [-0.2, 0) is 4.79 Å². The Kier molecular flexibility index (Phi) is 7.99. The van der Waals surface area contributed by atoms with Crippen LogP contribution in [0, 0.1) is 0 Å². The predicted octanol–water partition coefficient (Wildman–Crippen LogP) is 6.12. The van der Waals surface area contributed by atoms with Gasteiger partial charge in [-0.3, -0.25) is 14.9 Å². The number of hydrazone groups is 1. The van der Waals surface area contributed by atoms with Gasteiger partial charge in [-0.05, 0) is 48.9 Å². The first-order valence-corrected chi connectivity index (χ1v) is 14.6. The van der Waals surface area contributed by atoms with Crippen molar-refractivity contribution in [3.05, 3.63) is 115 Å². The van der Waals surface area contributed by atoms with E-state index in [4.69, 9.17) is 0 Å². The zero-order chi connectivity index (χ0) is 32.4. The fraction of sp³-hybridized carbons (Fsp3) is 0.143. The first-order chi connectivity index (χ1) is 22.2. The average Bonchev–Trinajstić information content (AvgIpc) is 3.25. The molecule has 6 rings (SSSR count). The summed E-state index contributed by atoms with van der Waals surface area (Å²) in [5, 5.41) is 32.1. The quantitative estimate of drug-likeness (QED) is 0.0992. The number of carbonyl (C=O) groups excluding carboxylic acids is 3. The van der Waals surface area contributed by atoms with Crippen LogP contribution in [0.3, 0.4) is 0 Å². The molecular weight excluding hydrogens is 584 g/mol. The summed E-state index contributed by atoms with van der Waals surface area (Å²) in [6, 6.07) is 30.9. The molecule has 1 aliphatic rings. The molecule has 5 amide bonds. The van der Waals surface area contributed by atoms with Gasteiger partial charge in [0, 0.05) is 16.3 Å². The molecule has 46 heavy (non-hydrogen) atoms. The summed E-state index contributed by atoms with van der Waals surface area (Å²) in [4.78, 5) is 43.7. The largest absolute Gasteiger partial charge is 0.507 e. The Hall–Kier alpha value is -5.94. The van der Waals surface area contributed by atoms with E-state index in [-0.39, 0.29) is 5.75 Å². The van der Waals surface area contributed by atoms with Crippen LogP contribution in [0.2, 0.25) is 0 Å². The molecule has 1 fully saturated rings. The Morgan fingerprint density at radius 3 is 2.22 bits per heavy atom. The van der Waals surface area contributed by atoms with E-state index in [1.165, 1.54) is 22.1 Å². The van der Waals surface area contributed by atoms with Crippen molar-refractivity contribution in [3.8, 4) is 5.75 Å². The van der Waals surface area contributed by atoms with Crippen molar-refractivity contribution >= 4 is 57.1 Å². The maximum atomic E-state index is 14.2. The van der Waals surface area contributed by atoms with E-state index in [1.807, 2.05) is 60.7 Å². The van der Waals surface area contributed by atoms with Crippen LogP contribution in [0.1, 0.15) is 19.4 Å². The van der Waals surface area contributed by atoms with Crippen LogP contribution in [0.15, 0.2) is 114 Å². The normalized spacial score (nSPS) is 15.9. The number of para-hydroxylation sites is 1. The Morgan fingerprint density at radius 1 is 0.870 bits per heavy atom. The predicted molar refractivity (Wildman–Crippen MR) is 177 cm³/mol. The number of hydrogen-bond donors (Lipinski definition) is 4. The van der Waals surface area contributed by atoms with Crippen molar-refractivity contribution in [3.63, 3.8) is 0 Å². The molecule has 0 spiro atoms. The minimum atomic E-state index is -1.28. The fourth-order valence-corrected chi connectivity index (χ4v) is 5.84.